The highest BCUT2D eigenvalue weighted by Crippen LogP contribution is 2.22. The van der Waals surface area contributed by atoms with Crippen molar-refractivity contribution >= 4 is 5.91 Å². The van der Waals surface area contributed by atoms with E-state index < -0.39 is 24.4 Å². The van der Waals surface area contributed by atoms with Crippen LogP contribution in [0.15, 0.2) is 0 Å². The van der Waals surface area contributed by atoms with E-state index in [2.05, 4.69) is 5.32 Å². The minimum atomic E-state index is -0.894. The number of aliphatic hydroxyl groups is 2. The van der Waals surface area contributed by atoms with Crippen LogP contribution >= 0.6 is 0 Å². The Labute approximate surface area is 94.5 Å². The van der Waals surface area contributed by atoms with Gasteiger partial charge in [-0.15, -0.1) is 0 Å². The summed E-state index contributed by atoms with van der Waals surface area (Å²) in [5, 5.41) is 21.7. The fraction of sp³-hybridized carbons (Fsp3) is 0.900. The minimum Gasteiger partial charge on any atom is -0.394 e. The molecule has 94 valence electrons. The minimum absolute atomic E-state index is 0.229. The Hall–Kier alpha value is -0.690. The number of methoxy groups -OCH3 is 1. The Bertz CT molecular complexity index is 247. The van der Waals surface area contributed by atoms with Gasteiger partial charge in [0.2, 0.25) is 5.91 Å². The molecule has 1 amide bonds. The van der Waals surface area contributed by atoms with Crippen LogP contribution in [0.1, 0.15) is 13.8 Å². The predicted molar refractivity (Wildman–Crippen MR) is 55.8 cm³/mol. The molecule has 1 saturated heterocycles. The highest BCUT2D eigenvalue weighted by Gasteiger charge is 2.43. The maximum atomic E-state index is 11.0. The number of aliphatic hydroxyl groups excluding tert-OH is 2. The third-order valence-electron chi connectivity index (χ3n) is 2.79. The first-order valence-electron chi connectivity index (χ1n) is 5.25. The summed E-state index contributed by atoms with van der Waals surface area (Å²) in [6.07, 6.45) is -2.48. The summed E-state index contributed by atoms with van der Waals surface area (Å²) in [5.41, 5.74) is 0. The van der Waals surface area contributed by atoms with Gasteiger partial charge in [0, 0.05) is 14.0 Å². The molecule has 0 spiro atoms. The van der Waals surface area contributed by atoms with E-state index in [1.165, 1.54) is 14.0 Å². The zero-order valence-electron chi connectivity index (χ0n) is 9.71. The predicted octanol–water partition coefficient (Wildman–Crippen LogP) is -1.35. The highest BCUT2D eigenvalue weighted by atomic mass is 16.6. The second-order valence-corrected chi connectivity index (χ2v) is 3.98. The van der Waals surface area contributed by atoms with Crippen molar-refractivity contribution in [1.29, 1.82) is 0 Å². The molecule has 1 fully saturated rings. The molecule has 2 unspecified atom stereocenters. The van der Waals surface area contributed by atoms with Crippen LogP contribution in [0.4, 0.5) is 0 Å². The van der Waals surface area contributed by atoms with Gasteiger partial charge in [0.15, 0.2) is 0 Å². The Kier molecular flexibility index (Phi) is 4.67. The molecule has 0 aromatic carbocycles. The number of carbonyl (C=O) groups excluding carboxylic acids is 1. The van der Waals surface area contributed by atoms with E-state index in [0.717, 1.165) is 0 Å². The molecule has 16 heavy (non-hydrogen) atoms. The van der Waals surface area contributed by atoms with Gasteiger partial charge in [-0.05, 0) is 6.92 Å². The van der Waals surface area contributed by atoms with Crippen molar-refractivity contribution in [3.05, 3.63) is 0 Å². The Morgan fingerprint density at radius 2 is 2.19 bits per heavy atom. The smallest absolute Gasteiger partial charge is 0.217 e. The molecule has 0 bridgehead atoms. The van der Waals surface area contributed by atoms with Crippen LogP contribution in [0, 0.1) is 0 Å². The summed E-state index contributed by atoms with van der Waals surface area (Å²) in [6, 6.07) is -0.523. The third-order valence-corrected chi connectivity index (χ3v) is 2.79. The number of ether oxygens (including phenoxy) is 2. The summed E-state index contributed by atoms with van der Waals surface area (Å²) in [5.74, 6) is -0.239. The van der Waals surface area contributed by atoms with Crippen LogP contribution in [0.5, 0.6) is 0 Å². The van der Waals surface area contributed by atoms with Crippen molar-refractivity contribution in [2.24, 2.45) is 0 Å². The topological polar surface area (TPSA) is 88.0 Å². The van der Waals surface area contributed by atoms with E-state index in [1.54, 1.807) is 6.92 Å². The van der Waals surface area contributed by atoms with Gasteiger partial charge in [0.1, 0.15) is 18.3 Å². The van der Waals surface area contributed by atoms with Gasteiger partial charge in [-0.1, -0.05) is 0 Å². The maximum Gasteiger partial charge on any atom is 0.217 e. The van der Waals surface area contributed by atoms with Crippen LogP contribution in [0.3, 0.4) is 0 Å². The van der Waals surface area contributed by atoms with E-state index in [0.29, 0.717) is 0 Å². The van der Waals surface area contributed by atoms with Gasteiger partial charge in [-0.2, -0.15) is 0 Å². The van der Waals surface area contributed by atoms with Crippen LogP contribution in [0.25, 0.3) is 0 Å². The van der Waals surface area contributed by atoms with Crippen molar-refractivity contribution in [1.82, 2.24) is 5.32 Å². The molecule has 1 rings (SSSR count). The molecule has 0 aliphatic carbocycles. The van der Waals surface area contributed by atoms with Gasteiger partial charge < -0.3 is 25.0 Å². The van der Waals surface area contributed by atoms with E-state index in [4.69, 9.17) is 14.6 Å². The maximum absolute atomic E-state index is 11.0. The van der Waals surface area contributed by atoms with Gasteiger partial charge in [0.05, 0.1) is 18.8 Å². The lowest BCUT2D eigenvalue weighted by atomic mass is 9.93. The standard InChI is InChI=1S/C10H19NO5/c1-5-8(11-6(2)13)9(14)10(15-3)7(4-12)16-5/h5,7-10,12,14H,4H2,1-3H3,(H,11,13)/t5-,7?,8+,9?,10+/m0/s1. The third kappa shape index (κ3) is 2.70. The summed E-state index contributed by atoms with van der Waals surface area (Å²) >= 11 is 0. The Morgan fingerprint density at radius 3 is 2.62 bits per heavy atom. The number of hydrogen-bond donors (Lipinski definition) is 3. The van der Waals surface area contributed by atoms with E-state index in [9.17, 15) is 9.90 Å². The SMILES string of the molecule is CO[C@@H]1C(CO)O[C@@H](C)[C@@H](NC(C)=O)C1O. The molecule has 6 nitrogen and oxygen atoms in total. The first-order chi connectivity index (χ1) is 7.51. The number of nitrogens with one attached hydrogen (secondary N) is 1. The lowest BCUT2D eigenvalue weighted by Gasteiger charge is -2.42. The lowest BCUT2D eigenvalue weighted by molar-refractivity contribution is -0.199. The molecule has 0 aromatic rings. The van der Waals surface area contributed by atoms with Crippen molar-refractivity contribution in [2.75, 3.05) is 13.7 Å². The molecule has 0 saturated carbocycles. The molecule has 1 heterocycles. The van der Waals surface area contributed by atoms with Crippen molar-refractivity contribution in [3.63, 3.8) is 0 Å². The van der Waals surface area contributed by atoms with Crippen molar-refractivity contribution in [2.45, 2.75) is 44.3 Å². The van der Waals surface area contributed by atoms with Crippen molar-refractivity contribution < 1.29 is 24.5 Å². The monoisotopic (exact) mass is 233 g/mol. The van der Waals surface area contributed by atoms with Crippen LogP contribution in [0.2, 0.25) is 0 Å². The van der Waals surface area contributed by atoms with E-state index in [1.807, 2.05) is 0 Å². The van der Waals surface area contributed by atoms with E-state index >= 15 is 0 Å². The fourth-order valence-electron chi connectivity index (χ4n) is 2.02. The molecule has 3 N–H and O–H groups in total. The summed E-state index contributed by atoms with van der Waals surface area (Å²) < 4.78 is 10.6. The molecular formula is C10H19NO5. The van der Waals surface area contributed by atoms with E-state index in [-0.39, 0.29) is 18.6 Å². The van der Waals surface area contributed by atoms with Gasteiger partial charge >= 0.3 is 0 Å². The zero-order valence-corrected chi connectivity index (χ0v) is 9.71. The lowest BCUT2D eigenvalue weighted by Crippen LogP contribution is -2.63. The average Bonchev–Trinajstić information content (AvgIpc) is 2.23. The summed E-state index contributed by atoms with van der Waals surface area (Å²) in [4.78, 5) is 11.0. The average molecular weight is 233 g/mol. The van der Waals surface area contributed by atoms with Crippen LogP contribution < -0.4 is 5.32 Å². The molecule has 1 aliphatic heterocycles. The fourth-order valence-corrected chi connectivity index (χ4v) is 2.02. The highest BCUT2D eigenvalue weighted by molar-refractivity contribution is 5.73. The van der Waals surface area contributed by atoms with Crippen LogP contribution in [-0.2, 0) is 14.3 Å². The summed E-state index contributed by atoms with van der Waals surface area (Å²) in [7, 11) is 1.43. The molecular weight excluding hydrogens is 214 g/mol. The molecule has 6 heteroatoms. The van der Waals surface area contributed by atoms with Gasteiger partial charge in [-0.25, -0.2) is 0 Å². The number of hydrogen-bond acceptors (Lipinski definition) is 5. The first kappa shape index (κ1) is 13.4. The largest absolute Gasteiger partial charge is 0.394 e. The number of carbonyl (C=O) groups is 1. The number of rotatable bonds is 3. The second-order valence-electron chi connectivity index (χ2n) is 3.98. The first-order valence-corrected chi connectivity index (χ1v) is 5.25. The van der Waals surface area contributed by atoms with Gasteiger partial charge in [0.25, 0.3) is 0 Å². The van der Waals surface area contributed by atoms with Crippen LogP contribution in [-0.4, -0.2) is 60.3 Å². The quantitative estimate of drug-likeness (QED) is 0.561. The van der Waals surface area contributed by atoms with Gasteiger partial charge in [-0.3, -0.25) is 4.79 Å². The molecule has 1 aliphatic rings. The zero-order chi connectivity index (χ0) is 12.3. The summed E-state index contributed by atoms with van der Waals surface area (Å²) in [6.45, 7) is 2.88. The molecule has 0 radical (unpaired) electrons. The molecule has 0 aromatic heterocycles. The van der Waals surface area contributed by atoms with Crippen molar-refractivity contribution in [3.8, 4) is 0 Å². The molecule has 5 atom stereocenters. The Morgan fingerprint density at radius 1 is 1.56 bits per heavy atom. The normalized spacial score (nSPS) is 39.4. The Balaban J connectivity index is 2.76. The second kappa shape index (κ2) is 5.58. The number of amides is 1.